The molecular formula is C15H21N3O2. The van der Waals surface area contributed by atoms with Gasteiger partial charge in [0.05, 0.1) is 11.3 Å². The minimum atomic E-state index is -0.108. The number of para-hydroxylation sites is 1. The van der Waals surface area contributed by atoms with Crippen LogP contribution in [0.3, 0.4) is 0 Å². The van der Waals surface area contributed by atoms with Crippen LogP contribution < -0.4 is 10.6 Å². The molecule has 5 nitrogen and oxygen atoms in total. The molecule has 1 fully saturated rings. The Bertz CT molecular complexity index is 494. The number of anilines is 1. The van der Waals surface area contributed by atoms with E-state index in [1.807, 2.05) is 6.07 Å². The van der Waals surface area contributed by atoms with Gasteiger partial charge in [-0.1, -0.05) is 12.1 Å². The lowest BCUT2D eigenvalue weighted by atomic mass is 10.0. The maximum absolute atomic E-state index is 12.1. The van der Waals surface area contributed by atoms with Crippen LogP contribution in [0.2, 0.25) is 0 Å². The largest absolute Gasteiger partial charge is 0.345 e. The predicted molar refractivity (Wildman–Crippen MR) is 78.7 cm³/mol. The van der Waals surface area contributed by atoms with Crippen LogP contribution in [0.4, 0.5) is 5.69 Å². The van der Waals surface area contributed by atoms with Crippen LogP contribution >= 0.6 is 0 Å². The van der Waals surface area contributed by atoms with E-state index in [-0.39, 0.29) is 11.8 Å². The van der Waals surface area contributed by atoms with Gasteiger partial charge < -0.3 is 15.5 Å². The van der Waals surface area contributed by atoms with Crippen molar-refractivity contribution in [3.8, 4) is 0 Å². The molecule has 2 amide bonds. The summed E-state index contributed by atoms with van der Waals surface area (Å²) in [7, 11) is 3.40. The maximum Gasteiger partial charge on any atom is 0.255 e. The highest BCUT2D eigenvalue weighted by Gasteiger charge is 2.19. The van der Waals surface area contributed by atoms with E-state index in [4.69, 9.17) is 0 Å². The van der Waals surface area contributed by atoms with Crippen LogP contribution in [0.5, 0.6) is 0 Å². The summed E-state index contributed by atoms with van der Waals surface area (Å²) in [5, 5.41) is 6.10. The Morgan fingerprint density at radius 1 is 1.35 bits per heavy atom. The number of hydrogen-bond acceptors (Lipinski definition) is 3. The summed E-state index contributed by atoms with van der Waals surface area (Å²) >= 11 is 0. The van der Waals surface area contributed by atoms with E-state index in [1.165, 1.54) is 4.90 Å². The summed E-state index contributed by atoms with van der Waals surface area (Å²) < 4.78 is 0. The van der Waals surface area contributed by atoms with Gasteiger partial charge in [-0.3, -0.25) is 9.59 Å². The molecule has 0 bridgehead atoms. The highest BCUT2D eigenvalue weighted by Crippen LogP contribution is 2.18. The predicted octanol–water partition coefficient (Wildman–Crippen LogP) is 1.33. The minimum Gasteiger partial charge on any atom is -0.345 e. The zero-order valence-corrected chi connectivity index (χ0v) is 12.0. The molecule has 1 unspecified atom stereocenters. The smallest absolute Gasteiger partial charge is 0.255 e. The number of amides is 2. The zero-order valence-electron chi connectivity index (χ0n) is 12.0. The third-order valence-electron chi connectivity index (χ3n) is 3.47. The molecule has 1 aliphatic heterocycles. The van der Waals surface area contributed by atoms with Crippen molar-refractivity contribution in [3.63, 3.8) is 0 Å². The highest BCUT2D eigenvalue weighted by atomic mass is 16.2. The van der Waals surface area contributed by atoms with Gasteiger partial charge >= 0.3 is 0 Å². The molecule has 0 aliphatic carbocycles. The molecule has 1 atom stereocenters. The molecule has 1 heterocycles. The second-order valence-electron chi connectivity index (χ2n) is 5.36. The standard InChI is InChI=1S/C15H21N3O2/c1-18(2)15(20)12-5-3-4-6-13(12)17-14(19)9-11-7-8-16-10-11/h3-6,11,16H,7-10H2,1-2H3,(H,17,19). The average molecular weight is 275 g/mol. The van der Waals surface area contributed by atoms with Gasteiger partial charge in [-0.2, -0.15) is 0 Å². The zero-order chi connectivity index (χ0) is 14.5. The monoisotopic (exact) mass is 275 g/mol. The molecule has 20 heavy (non-hydrogen) atoms. The average Bonchev–Trinajstić information content (AvgIpc) is 2.91. The van der Waals surface area contributed by atoms with E-state index >= 15 is 0 Å². The van der Waals surface area contributed by atoms with Crippen LogP contribution in [0.25, 0.3) is 0 Å². The Morgan fingerprint density at radius 3 is 2.75 bits per heavy atom. The quantitative estimate of drug-likeness (QED) is 0.871. The molecule has 0 spiro atoms. The molecule has 2 rings (SSSR count). The summed E-state index contributed by atoms with van der Waals surface area (Å²) in [6, 6.07) is 7.11. The Balaban J connectivity index is 2.04. The third-order valence-corrected chi connectivity index (χ3v) is 3.47. The summed E-state index contributed by atoms with van der Waals surface area (Å²) in [4.78, 5) is 25.6. The van der Waals surface area contributed by atoms with E-state index < -0.39 is 0 Å². The molecule has 1 saturated heterocycles. The van der Waals surface area contributed by atoms with Crippen molar-refractivity contribution >= 4 is 17.5 Å². The molecule has 108 valence electrons. The molecular weight excluding hydrogens is 254 g/mol. The molecule has 1 aromatic rings. The molecule has 0 radical (unpaired) electrons. The number of rotatable bonds is 4. The van der Waals surface area contributed by atoms with Crippen molar-refractivity contribution in [2.45, 2.75) is 12.8 Å². The Hall–Kier alpha value is -1.88. The number of benzene rings is 1. The van der Waals surface area contributed by atoms with Crippen molar-refractivity contribution in [2.24, 2.45) is 5.92 Å². The second-order valence-corrected chi connectivity index (χ2v) is 5.36. The summed E-state index contributed by atoms with van der Waals surface area (Å²) in [5.74, 6) is 0.257. The lowest BCUT2D eigenvalue weighted by Crippen LogP contribution is -2.24. The third kappa shape index (κ3) is 3.57. The van der Waals surface area contributed by atoms with Crippen LogP contribution in [0, 0.1) is 5.92 Å². The van der Waals surface area contributed by atoms with E-state index in [2.05, 4.69) is 10.6 Å². The van der Waals surface area contributed by atoms with E-state index in [1.54, 1.807) is 32.3 Å². The van der Waals surface area contributed by atoms with Gasteiger partial charge in [0, 0.05) is 20.5 Å². The minimum absolute atomic E-state index is 0.0299. The molecule has 1 aliphatic rings. The van der Waals surface area contributed by atoms with Crippen molar-refractivity contribution in [3.05, 3.63) is 29.8 Å². The van der Waals surface area contributed by atoms with Gasteiger partial charge in [-0.15, -0.1) is 0 Å². The molecule has 0 aromatic heterocycles. The number of hydrogen-bond donors (Lipinski definition) is 2. The van der Waals surface area contributed by atoms with Gasteiger partial charge in [0.2, 0.25) is 5.91 Å². The van der Waals surface area contributed by atoms with Crippen LogP contribution in [-0.4, -0.2) is 43.9 Å². The lowest BCUT2D eigenvalue weighted by molar-refractivity contribution is -0.116. The van der Waals surface area contributed by atoms with Gasteiger partial charge in [0.1, 0.15) is 0 Å². The van der Waals surface area contributed by atoms with Gasteiger partial charge in [-0.25, -0.2) is 0 Å². The summed E-state index contributed by atoms with van der Waals surface area (Å²) in [5.41, 5.74) is 1.11. The van der Waals surface area contributed by atoms with Gasteiger partial charge in [-0.05, 0) is 37.6 Å². The van der Waals surface area contributed by atoms with Crippen molar-refractivity contribution in [1.82, 2.24) is 10.2 Å². The Kier molecular flexibility index (Phi) is 4.74. The van der Waals surface area contributed by atoms with Gasteiger partial charge in [0.15, 0.2) is 0 Å². The van der Waals surface area contributed by atoms with Crippen LogP contribution in [0.15, 0.2) is 24.3 Å². The summed E-state index contributed by atoms with van der Waals surface area (Å²) in [6.45, 7) is 1.87. The Labute approximate surface area is 119 Å². The fraction of sp³-hybridized carbons (Fsp3) is 0.467. The molecule has 5 heteroatoms. The molecule has 2 N–H and O–H groups in total. The van der Waals surface area contributed by atoms with E-state index in [0.29, 0.717) is 23.6 Å². The van der Waals surface area contributed by atoms with Gasteiger partial charge in [0.25, 0.3) is 5.91 Å². The fourth-order valence-electron chi connectivity index (χ4n) is 2.37. The highest BCUT2D eigenvalue weighted by molar-refractivity contribution is 6.03. The topological polar surface area (TPSA) is 61.4 Å². The SMILES string of the molecule is CN(C)C(=O)c1ccccc1NC(=O)CC1CCNC1. The van der Waals surface area contributed by atoms with Crippen molar-refractivity contribution < 1.29 is 9.59 Å². The normalized spacial score (nSPS) is 17.8. The molecule has 1 aromatic carbocycles. The first kappa shape index (κ1) is 14.5. The van der Waals surface area contributed by atoms with Crippen LogP contribution in [0.1, 0.15) is 23.2 Å². The fourth-order valence-corrected chi connectivity index (χ4v) is 2.37. The van der Waals surface area contributed by atoms with Crippen molar-refractivity contribution in [1.29, 1.82) is 0 Å². The van der Waals surface area contributed by atoms with E-state index in [0.717, 1.165) is 19.5 Å². The van der Waals surface area contributed by atoms with Crippen molar-refractivity contribution in [2.75, 3.05) is 32.5 Å². The number of nitrogens with zero attached hydrogens (tertiary/aromatic N) is 1. The number of carbonyl (C=O) groups excluding carboxylic acids is 2. The summed E-state index contributed by atoms with van der Waals surface area (Å²) in [6.07, 6.45) is 1.53. The van der Waals surface area contributed by atoms with Crippen LogP contribution in [-0.2, 0) is 4.79 Å². The second kappa shape index (κ2) is 6.52. The molecule has 0 saturated carbocycles. The first-order valence-electron chi connectivity index (χ1n) is 6.89. The first-order valence-corrected chi connectivity index (χ1v) is 6.89. The lowest BCUT2D eigenvalue weighted by Gasteiger charge is -2.15. The van der Waals surface area contributed by atoms with E-state index in [9.17, 15) is 9.59 Å². The number of carbonyl (C=O) groups is 2. The Morgan fingerprint density at radius 2 is 2.10 bits per heavy atom. The first-order chi connectivity index (χ1) is 9.58. The maximum atomic E-state index is 12.1. The number of nitrogens with one attached hydrogen (secondary N) is 2.